The van der Waals surface area contributed by atoms with Crippen LogP contribution in [0, 0.1) is 5.92 Å². The molecule has 3 aliphatic rings. The molecule has 5 atom stereocenters. The van der Waals surface area contributed by atoms with Gasteiger partial charge in [-0.3, -0.25) is 0 Å². The molecule has 6 aromatic carbocycles. The van der Waals surface area contributed by atoms with Gasteiger partial charge in [-0.05, 0) is 85.2 Å². The topological polar surface area (TPSA) is 30.5 Å². The smallest absolute Gasteiger partial charge is 0.180 e. The third-order valence-electron chi connectivity index (χ3n) is 11.6. The third-order valence-corrected chi connectivity index (χ3v) is 11.6. The summed E-state index contributed by atoms with van der Waals surface area (Å²) in [6, 6.07) is 51.0. The molecular formula is C44H34N2O2. The molecule has 1 saturated carbocycles. The number of rotatable bonds is 3. The van der Waals surface area contributed by atoms with Crippen molar-refractivity contribution in [2.24, 2.45) is 5.92 Å². The molecule has 4 heteroatoms. The fraction of sp³-hybridized carbons (Fsp3) is 0.182. The fourth-order valence-corrected chi connectivity index (χ4v) is 9.61. The Morgan fingerprint density at radius 3 is 2.06 bits per heavy atom. The number of hydrogen-bond donors (Lipinski definition) is 0. The Kier molecular flexibility index (Phi) is 5.54. The van der Waals surface area contributed by atoms with Crippen LogP contribution in [-0.4, -0.2) is 16.8 Å². The highest BCUT2D eigenvalue weighted by atomic mass is 16.5. The van der Waals surface area contributed by atoms with Crippen LogP contribution in [0.25, 0.3) is 49.4 Å². The van der Waals surface area contributed by atoms with Gasteiger partial charge in [-0.15, -0.1) is 0 Å². The number of para-hydroxylation sites is 4. The first-order valence-electron chi connectivity index (χ1n) is 17.3. The number of aromatic nitrogens is 1. The van der Waals surface area contributed by atoms with Gasteiger partial charge in [-0.2, -0.15) is 0 Å². The Balaban J connectivity index is 0.961. The summed E-state index contributed by atoms with van der Waals surface area (Å²) in [5.41, 5.74) is 9.48. The second-order valence-corrected chi connectivity index (χ2v) is 14.0. The highest BCUT2D eigenvalue weighted by Crippen LogP contribution is 2.57. The van der Waals surface area contributed by atoms with E-state index in [2.05, 4.69) is 149 Å². The minimum Gasteiger partial charge on any atom is -0.470 e. The second kappa shape index (κ2) is 10.0. The summed E-state index contributed by atoms with van der Waals surface area (Å²) < 4.78 is 15.8. The first-order chi connectivity index (χ1) is 23.8. The SMILES string of the molecule is c1ccc(N2C3CC(c4ccc5c(c4)oc4cc(-n6c7ccccc7c7ccccc76)ccc45)CCC3C3c4ccccc4OC32)cc1. The van der Waals surface area contributed by atoms with E-state index in [4.69, 9.17) is 9.15 Å². The maximum atomic E-state index is 6.72. The van der Waals surface area contributed by atoms with Crippen LogP contribution in [0.1, 0.15) is 42.2 Å². The van der Waals surface area contributed by atoms with E-state index in [1.807, 2.05) is 0 Å². The molecule has 2 aliphatic heterocycles. The number of anilines is 1. The lowest BCUT2D eigenvalue weighted by atomic mass is 9.71. The number of hydrogen-bond acceptors (Lipinski definition) is 3. The summed E-state index contributed by atoms with van der Waals surface area (Å²) in [5.74, 6) is 2.52. The summed E-state index contributed by atoms with van der Waals surface area (Å²) in [6.45, 7) is 0. The molecule has 11 rings (SSSR count). The molecule has 2 aromatic heterocycles. The standard InChI is InChI=1S/C44H34N2O2/c1-2-10-29(11-3-1)46-39-24-27(19-22-35(39)43-36-14-6-9-17-40(36)48-44(43)46)28-18-21-33-34-23-20-30(26-42(34)47-41(33)25-28)45-37-15-7-4-12-31(37)32-13-5-8-16-38(32)45/h1-18,20-21,23,25-27,35,39,43-44H,19,22,24H2. The van der Waals surface area contributed by atoms with Crippen molar-refractivity contribution in [2.75, 3.05) is 4.90 Å². The van der Waals surface area contributed by atoms with Crippen molar-refractivity contribution in [1.29, 1.82) is 0 Å². The van der Waals surface area contributed by atoms with E-state index in [9.17, 15) is 0 Å². The lowest BCUT2D eigenvalue weighted by molar-refractivity contribution is 0.218. The van der Waals surface area contributed by atoms with Gasteiger partial charge in [0.2, 0.25) is 0 Å². The van der Waals surface area contributed by atoms with Crippen molar-refractivity contribution in [3.05, 3.63) is 151 Å². The highest BCUT2D eigenvalue weighted by molar-refractivity contribution is 6.10. The zero-order valence-electron chi connectivity index (χ0n) is 26.5. The molecule has 1 saturated heterocycles. The van der Waals surface area contributed by atoms with Gasteiger partial charge in [0, 0.05) is 56.5 Å². The molecule has 232 valence electrons. The highest BCUT2D eigenvalue weighted by Gasteiger charge is 2.56. The summed E-state index contributed by atoms with van der Waals surface area (Å²) >= 11 is 0. The van der Waals surface area contributed by atoms with Gasteiger partial charge in [0.1, 0.15) is 16.9 Å². The maximum absolute atomic E-state index is 6.72. The van der Waals surface area contributed by atoms with Gasteiger partial charge in [-0.1, -0.05) is 84.9 Å². The second-order valence-electron chi connectivity index (χ2n) is 14.0. The molecular weight excluding hydrogens is 588 g/mol. The van der Waals surface area contributed by atoms with Crippen LogP contribution in [0.4, 0.5) is 5.69 Å². The van der Waals surface area contributed by atoms with E-state index in [1.54, 1.807) is 0 Å². The maximum Gasteiger partial charge on any atom is 0.180 e. The van der Waals surface area contributed by atoms with Gasteiger partial charge >= 0.3 is 0 Å². The van der Waals surface area contributed by atoms with E-state index < -0.39 is 0 Å². The number of nitrogens with zero attached hydrogens (tertiary/aromatic N) is 2. The van der Waals surface area contributed by atoms with Gasteiger partial charge in [0.25, 0.3) is 0 Å². The van der Waals surface area contributed by atoms with E-state index in [0.717, 1.165) is 29.0 Å². The zero-order valence-corrected chi connectivity index (χ0v) is 26.5. The predicted octanol–water partition coefficient (Wildman–Crippen LogP) is 11.0. The van der Waals surface area contributed by atoms with Crippen molar-refractivity contribution in [2.45, 2.75) is 43.4 Å². The molecule has 0 spiro atoms. The molecule has 1 aliphatic carbocycles. The quantitative estimate of drug-likeness (QED) is 0.196. The number of ether oxygens (including phenoxy) is 1. The Morgan fingerprint density at radius 2 is 1.25 bits per heavy atom. The number of furan rings is 1. The lowest BCUT2D eigenvalue weighted by Crippen LogP contribution is -2.42. The summed E-state index contributed by atoms with van der Waals surface area (Å²) in [6.07, 6.45) is 3.54. The molecule has 4 heterocycles. The van der Waals surface area contributed by atoms with Crippen LogP contribution in [-0.2, 0) is 0 Å². The Labute approximate surface area is 278 Å². The molecule has 2 fully saturated rings. The number of benzene rings is 6. The monoisotopic (exact) mass is 622 g/mol. The summed E-state index contributed by atoms with van der Waals surface area (Å²) in [7, 11) is 0. The lowest BCUT2D eigenvalue weighted by Gasteiger charge is -2.39. The predicted molar refractivity (Wildman–Crippen MR) is 194 cm³/mol. The molecule has 48 heavy (non-hydrogen) atoms. The van der Waals surface area contributed by atoms with E-state index in [1.165, 1.54) is 62.2 Å². The first-order valence-corrected chi connectivity index (χ1v) is 17.3. The number of fused-ring (bicyclic) bond motifs is 11. The van der Waals surface area contributed by atoms with Crippen molar-refractivity contribution in [3.63, 3.8) is 0 Å². The van der Waals surface area contributed by atoms with Crippen molar-refractivity contribution in [1.82, 2.24) is 4.57 Å². The Hall–Kier alpha value is -5.48. The van der Waals surface area contributed by atoms with Crippen molar-refractivity contribution in [3.8, 4) is 11.4 Å². The zero-order chi connectivity index (χ0) is 31.3. The first kappa shape index (κ1) is 26.6. The van der Waals surface area contributed by atoms with Crippen LogP contribution < -0.4 is 9.64 Å². The molecule has 0 radical (unpaired) electrons. The molecule has 4 nitrogen and oxygen atoms in total. The minimum absolute atomic E-state index is 0.0557. The molecule has 5 unspecified atom stereocenters. The fourth-order valence-electron chi connectivity index (χ4n) is 9.61. The molecule has 0 bridgehead atoms. The van der Waals surface area contributed by atoms with E-state index >= 15 is 0 Å². The van der Waals surface area contributed by atoms with E-state index in [0.29, 0.717) is 23.8 Å². The van der Waals surface area contributed by atoms with Crippen LogP contribution >= 0.6 is 0 Å². The molecule has 8 aromatic rings. The Bertz CT molecular complexity index is 2470. The average molecular weight is 623 g/mol. The van der Waals surface area contributed by atoms with Crippen molar-refractivity contribution < 1.29 is 9.15 Å². The van der Waals surface area contributed by atoms with Crippen LogP contribution in [0.2, 0.25) is 0 Å². The van der Waals surface area contributed by atoms with Gasteiger partial charge in [-0.25, -0.2) is 0 Å². The van der Waals surface area contributed by atoms with Crippen LogP contribution in [0.5, 0.6) is 5.75 Å². The third kappa shape index (κ3) is 3.71. The Morgan fingerprint density at radius 1 is 0.562 bits per heavy atom. The van der Waals surface area contributed by atoms with E-state index in [-0.39, 0.29) is 6.23 Å². The molecule has 0 amide bonds. The normalized spacial score (nSPS) is 23.1. The van der Waals surface area contributed by atoms with Gasteiger partial charge < -0.3 is 18.6 Å². The van der Waals surface area contributed by atoms with Gasteiger partial charge in [0.15, 0.2) is 6.23 Å². The minimum atomic E-state index is 0.0557. The largest absolute Gasteiger partial charge is 0.470 e. The summed E-state index contributed by atoms with van der Waals surface area (Å²) in [5, 5.41) is 4.89. The van der Waals surface area contributed by atoms with Gasteiger partial charge in [0.05, 0.1) is 11.0 Å². The van der Waals surface area contributed by atoms with Crippen LogP contribution in [0.15, 0.2) is 144 Å². The summed E-state index contributed by atoms with van der Waals surface area (Å²) in [4.78, 5) is 2.61. The molecule has 0 N–H and O–H groups in total. The van der Waals surface area contributed by atoms with Crippen molar-refractivity contribution >= 4 is 49.4 Å². The average Bonchev–Trinajstić information content (AvgIpc) is 3.88. The van der Waals surface area contributed by atoms with Crippen LogP contribution in [0.3, 0.4) is 0 Å².